The number of carbonyl (C=O) groups is 2. The Morgan fingerprint density at radius 1 is 1.32 bits per heavy atom. The van der Waals surface area contributed by atoms with Gasteiger partial charge in [0, 0.05) is 36.9 Å². The molecule has 0 bridgehead atoms. The molecular formula is C20H26ClN3O4. The monoisotopic (exact) mass is 407 g/mol. The van der Waals surface area contributed by atoms with Crippen LogP contribution in [0.3, 0.4) is 0 Å². The van der Waals surface area contributed by atoms with Gasteiger partial charge in [-0.25, -0.2) is 9.59 Å². The van der Waals surface area contributed by atoms with Gasteiger partial charge in [0.15, 0.2) is 0 Å². The van der Waals surface area contributed by atoms with Crippen LogP contribution in [0.4, 0.5) is 4.79 Å². The van der Waals surface area contributed by atoms with Crippen molar-refractivity contribution < 1.29 is 19.1 Å². The first-order valence-corrected chi connectivity index (χ1v) is 9.96. The third-order valence-corrected chi connectivity index (χ3v) is 5.14. The first-order valence-electron chi connectivity index (χ1n) is 9.58. The lowest BCUT2D eigenvalue weighted by Crippen LogP contribution is -2.51. The fraction of sp³-hybridized carbons (Fsp3) is 0.500. The summed E-state index contributed by atoms with van der Waals surface area (Å²) in [5.74, 6) is -0.422. The Balaban J connectivity index is 2.08. The Morgan fingerprint density at radius 3 is 2.71 bits per heavy atom. The quantitative estimate of drug-likeness (QED) is 0.734. The number of nitrogens with one attached hydrogen (secondary N) is 1. The van der Waals surface area contributed by atoms with Crippen molar-refractivity contribution in [3.8, 4) is 0 Å². The maximum atomic E-state index is 13.0. The zero-order valence-electron chi connectivity index (χ0n) is 16.2. The van der Waals surface area contributed by atoms with Crippen LogP contribution >= 0.6 is 11.6 Å². The van der Waals surface area contributed by atoms with Gasteiger partial charge in [-0.2, -0.15) is 0 Å². The summed E-state index contributed by atoms with van der Waals surface area (Å²) < 4.78 is 10.8. The second-order valence-electron chi connectivity index (χ2n) is 6.65. The van der Waals surface area contributed by atoms with Crippen LogP contribution in [0.2, 0.25) is 5.02 Å². The van der Waals surface area contributed by atoms with E-state index < -0.39 is 12.0 Å². The number of benzene rings is 1. The van der Waals surface area contributed by atoms with E-state index >= 15 is 0 Å². The predicted octanol–water partition coefficient (Wildman–Crippen LogP) is 2.58. The molecule has 3 rings (SSSR count). The highest BCUT2D eigenvalue weighted by atomic mass is 35.5. The summed E-state index contributed by atoms with van der Waals surface area (Å²) in [7, 11) is 0. The van der Waals surface area contributed by atoms with Crippen LogP contribution in [-0.4, -0.2) is 67.8 Å². The number of hydrogen-bond donors (Lipinski definition) is 1. The van der Waals surface area contributed by atoms with Crippen LogP contribution in [0.15, 0.2) is 35.5 Å². The average molecular weight is 408 g/mol. The van der Waals surface area contributed by atoms with Gasteiger partial charge < -0.3 is 14.8 Å². The molecule has 28 heavy (non-hydrogen) atoms. The van der Waals surface area contributed by atoms with E-state index in [1.165, 1.54) is 0 Å². The van der Waals surface area contributed by atoms with Gasteiger partial charge in [0.2, 0.25) is 0 Å². The number of urea groups is 1. The van der Waals surface area contributed by atoms with Crippen LogP contribution in [0, 0.1) is 0 Å². The van der Waals surface area contributed by atoms with Crippen molar-refractivity contribution in [2.24, 2.45) is 0 Å². The molecular weight excluding hydrogens is 382 g/mol. The summed E-state index contributed by atoms with van der Waals surface area (Å²) in [5.41, 5.74) is 1.88. The number of halogens is 1. The molecule has 2 heterocycles. The summed E-state index contributed by atoms with van der Waals surface area (Å²) in [6.07, 6.45) is 0. The van der Waals surface area contributed by atoms with Crippen LogP contribution in [0.1, 0.15) is 25.5 Å². The third kappa shape index (κ3) is 4.48. The molecule has 2 aliphatic rings. The molecule has 8 heteroatoms. The fourth-order valence-electron chi connectivity index (χ4n) is 3.56. The predicted molar refractivity (Wildman–Crippen MR) is 106 cm³/mol. The number of ether oxygens (including phenoxy) is 2. The van der Waals surface area contributed by atoms with Gasteiger partial charge >= 0.3 is 12.0 Å². The van der Waals surface area contributed by atoms with Gasteiger partial charge in [0.25, 0.3) is 0 Å². The van der Waals surface area contributed by atoms with Crippen molar-refractivity contribution in [3.05, 3.63) is 46.1 Å². The number of carbonyl (C=O) groups excluding carboxylic acids is 2. The lowest BCUT2D eigenvalue weighted by molar-refractivity contribution is -0.139. The number of nitrogens with zero attached hydrogens (tertiary/aromatic N) is 2. The molecule has 152 valence electrons. The SMILES string of the molecule is CCOC(=O)C1=C(CN2CCOCC2)N(CC)C(=O)NC1c1cccc(Cl)c1. The topological polar surface area (TPSA) is 71.1 Å². The second kappa shape index (κ2) is 9.41. The molecule has 1 atom stereocenters. The van der Waals surface area contributed by atoms with E-state index in [0.717, 1.165) is 18.7 Å². The minimum absolute atomic E-state index is 0.233. The summed E-state index contributed by atoms with van der Waals surface area (Å²) in [5, 5.41) is 3.49. The van der Waals surface area contributed by atoms with Crippen LogP contribution in [-0.2, 0) is 14.3 Å². The highest BCUT2D eigenvalue weighted by Crippen LogP contribution is 2.33. The molecule has 1 unspecified atom stereocenters. The van der Waals surface area contributed by atoms with E-state index in [1.807, 2.05) is 13.0 Å². The van der Waals surface area contributed by atoms with E-state index in [2.05, 4.69) is 10.2 Å². The second-order valence-corrected chi connectivity index (χ2v) is 7.09. The summed E-state index contributed by atoms with van der Waals surface area (Å²) >= 11 is 6.16. The minimum Gasteiger partial charge on any atom is -0.463 e. The molecule has 0 spiro atoms. The van der Waals surface area contributed by atoms with E-state index in [4.69, 9.17) is 21.1 Å². The van der Waals surface area contributed by atoms with Crippen LogP contribution in [0.5, 0.6) is 0 Å². The van der Waals surface area contributed by atoms with Crippen molar-refractivity contribution in [2.75, 3.05) is 46.0 Å². The number of amides is 2. The highest BCUT2D eigenvalue weighted by Gasteiger charge is 2.38. The maximum Gasteiger partial charge on any atom is 0.338 e. The molecule has 0 aliphatic carbocycles. The molecule has 1 N–H and O–H groups in total. The average Bonchev–Trinajstić information content (AvgIpc) is 2.68. The van der Waals surface area contributed by atoms with E-state index in [-0.39, 0.29) is 12.6 Å². The first-order chi connectivity index (χ1) is 13.5. The number of hydrogen-bond acceptors (Lipinski definition) is 5. The van der Waals surface area contributed by atoms with Gasteiger partial charge in [0.1, 0.15) is 0 Å². The van der Waals surface area contributed by atoms with Gasteiger partial charge in [-0.3, -0.25) is 9.80 Å². The number of rotatable bonds is 6. The molecule has 0 saturated carbocycles. The summed E-state index contributed by atoms with van der Waals surface area (Å²) in [6, 6.07) is 6.34. The standard InChI is InChI=1S/C20H26ClN3O4/c1-3-24-16(13-23-8-10-27-11-9-23)17(19(25)28-4-2)18(22-20(24)26)14-6-5-7-15(21)12-14/h5-7,12,18H,3-4,8-11,13H2,1-2H3,(H,22,26). The molecule has 0 radical (unpaired) electrons. The molecule has 1 saturated heterocycles. The lowest BCUT2D eigenvalue weighted by Gasteiger charge is -2.38. The molecule has 1 fully saturated rings. The van der Waals surface area contributed by atoms with Crippen molar-refractivity contribution in [1.82, 2.24) is 15.1 Å². The summed E-state index contributed by atoms with van der Waals surface area (Å²) in [6.45, 7) is 7.63. The largest absolute Gasteiger partial charge is 0.463 e. The smallest absolute Gasteiger partial charge is 0.338 e. The van der Waals surface area contributed by atoms with Gasteiger partial charge in [-0.05, 0) is 31.5 Å². The fourth-order valence-corrected chi connectivity index (χ4v) is 3.76. The highest BCUT2D eigenvalue weighted by molar-refractivity contribution is 6.30. The van der Waals surface area contributed by atoms with Crippen molar-refractivity contribution in [3.63, 3.8) is 0 Å². The van der Waals surface area contributed by atoms with Crippen LogP contribution in [0.25, 0.3) is 0 Å². The number of morpholine rings is 1. The molecule has 0 aromatic heterocycles. The Hall–Kier alpha value is -2.09. The zero-order valence-corrected chi connectivity index (χ0v) is 17.0. The van der Waals surface area contributed by atoms with Gasteiger partial charge in [-0.1, -0.05) is 23.7 Å². The van der Waals surface area contributed by atoms with Gasteiger partial charge in [0.05, 0.1) is 31.4 Å². The first kappa shape index (κ1) is 20.6. The van der Waals surface area contributed by atoms with Crippen molar-refractivity contribution in [2.45, 2.75) is 19.9 Å². The van der Waals surface area contributed by atoms with E-state index in [9.17, 15) is 9.59 Å². The maximum absolute atomic E-state index is 13.0. The van der Waals surface area contributed by atoms with Crippen molar-refractivity contribution >= 4 is 23.6 Å². The van der Waals surface area contributed by atoms with E-state index in [0.29, 0.717) is 42.6 Å². The molecule has 7 nitrogen and oxygen atoms in total. The molecule has 2 aliphatic heterocycles. The molecule has 1 aromatic rings. The van der Waals surface area contributed by atoms with Crippen LogP contribution < -0.4 is 5.32 Å². The Bertz CT molecular complexity index is 762. The number of likely N-dealkylation sites (N-methyl/N-ethyl adjacent to an activating group) is 1. The minimum atomic E-state index is -0.607. The van der Waals surface area contributed by atoms with E-state index in [1.54, 1.807) is 30.0 Å². The lowest BCUT2D eigenvalue weighted by atomic mass is 9.94. The Kier molecular flexibility index (Phi) is 6.93. The molecule has 1 aromatic carbocycles. The number of esters is 1. The summed E-state index contributed by atoms with van der Waals surface area (Å²) in [4.78, 5) is 29.6. The third-order valence-electron chi connectivity index (χ3n) is 4.91. The Labute approximate surface area is 170 Å². The normalized spacial score (nSPS) is 20.9. The van der Waals surface area contributed by atoms with Gasteiger partial charge in [-0.15, -0.1) is 0 Å². The van der Waals surface area contributed by atoms with Crippen molar-refractivity contribution in [1.29, 1.82) is 0 Å². The Morgan fingerprint density at radius 2 is 2.07 bits per heavy atom. The molecule has 2 amide bonds. The zero-order chi connectivity index (χ0) is 20.1.